The van der Waals surface area contributed by atoms with Gasteiger partial charge in [0.15, 0.2) is 0 Å². The maximum atomic E-state index is 13.9. The first-order valence-electron chi connectivity index (χ1n) is 14.5. The fraction of sp³-hybridized carbons (Fsp3) is 0.576. The maximum absolute atomic E-state index is 13.9. The zero-order chi connectivity index (χ0) is 26.8. The molecule has 0 amide bonds. The quantitative estimate of drug-likeness (QED) is 0.226. The summed E-state index contributed by atoms with van der Waals surface area (Å²) in [7, 11) is 0. The fourth-order valence-corrected chi connectivity index (χ4v) is 7.29. The van der Waals surface area contributed by atoms with Gasteiger partial charge in [0.1, 0.15) is 11.2 Å². The topological polar surface area (TPSA) is 52.6 Å². The highest BCUT2D eigenvalue weighted by Crippen LogP contribution is 2.48. The number of rotatable bonds is 10. The molecule has 0 spiro atoms. The lowest BCUT2D eigenvalue weighted by Gasteiger charge is -2.41. The molecule has 0 N–H and O–H groups in total. The molecule has 0 aliphatic heterocycles. The van der Waals surface area contributed by atoms with Crippen LogP contribution in [0.4, 0.5) is 0 Å². The number of esters is 2. The van der Waals surface area contributed by atoms with E-state index in [1.54, 1.807) is 0 Å². The second-order valence-electron chi connectivity index (χ2n) is 10.9. The lowest BCUT2D eigenvalue weighted by molar-refractivity contribution is -0.158. The van der Waals surface area contributed by atoms with Crippen LogP contribution >= 0.6 is 0 Å². The minimum Gasteiger partial charge on any atom is -0.451 e. The van der Waals surface area contributed by atoms with Crippen molar-refractivity contribution < 1.29 is 19.1 Å². The molecule has 200 valence electrons. The first kappa shape index (κ1) is 27.4. The number of ether oxygens (including phenoxy) is 2. The van der Waals surface area contributed by atoms with E-state index >= 15 is 0 Å². The summed E-state index contributed by atoms with van der Waals surface area (Å²) in [5, 5.41) is 0. The summed E-state index contributed by atoms with van der Waals surface area (Å²) in [5.41, 5.74) is 2.24. The molecule has 0 radical (unpaired) electrons. The second kappa shape index (κ2) is 11.0. The van der Waals surface area contributed by atoms with Gasteiger partial charge in [-0.15, -0.1) is 0 Å². The highest BCUT2D eigenvalue weighted by Gasteiger charge is 2.49. The van der Waals surface area contributed by atoms with E-state index in [1.807, 2.05) is 24.3 Å². The van der Waals surface area contributed by atoms with Crippen LogP contribution in [-0.2, 0) is 19.1 Å². The number of hydrogen-bond acceptors (Lipinski definition) is 4. The third kappa shape index (κ3) is 4.62. The zero-order valence-electron chi connectivity index (χ0n) is 23.5. The summed E-state index contributed by atoms with van der Waals surface area (Å²) >= 11 is 0. The molecule has 6 atom stereocenters. The molecule has 37 heavy (non-hydrogen) atoms. The molecule has 0 heterocycles. The standard InChI is InChI=1S/C33H44O4/c1-7-22-15-13-19-32(11-5,26(22)9-3)36-30(34)28-24-17-18-25(21-24)29(28)31(35)37-33(12-6)20-14-16-23(8-2)27(33)10-4/h13-20,24-27H,7-12,21H2,1-6H3. The van der Waals surface area contributed by atoms with Crippen LogP contribution in [0.25, 0.3) is 0 Å². The van der Waals surface area contributed by atoms with Gasteiger partial charge in [-0.3, -0.25) is 0 Å². The van der Waals surface area contributed by atoms with Crippen molar-refractivity contribution in [1.29, 1.82) is 0 Å². The number of allylic oxidation sites excluding steroid dienone is 6. The predicted octanol–water partition coefficient (Wildman–Crippen LogP) is 7.74. The molecule has 4 rings (SSSR count). The van der Waals surface area contributed by atoms with E-state index in [1.165, 1.54) is 11.1 Å². The van der Waals surface area contributed by atoms with Crippen molar-refractivity contribution in [2.75, 3.05) is 0 Å². The molecule has 4 heteroatoms. The van der Waals surface area contributed by atoms with E-state index in [0.717, 1.165) is 32.1 Å². The molecule has 4 aliphatic rings. The molecule has 0 saturated carbocycles. The van der Waals surface area contributed by atoms with Crippen LogP contribution in [0.15, 0.2) is 70.9 Å². The third-order valence-corrected chi connectivity index (χ3v) is 9.31. The Morgan fingerprint density at radius 1 is 0.730 bits per heavy atom. The van der Waals surface area contributed by atoms with E-state index in [-0.39, 0.29) is 35.6 Å². The maximum Gasteiger partial charge on any atom is 0.336 e. The Hall–Kier alpha value is -2.62. The molecular formula is C33H44O4. The minimum atomic E-state index is -0.690. The predicted molar refractivity (Wildman–Crippen MR) is 149 cm³/mol. The summed E-state index contributed by atoms with van der Waals surface area (Å²) < 4.78 is 12.8. The average Bonchev–Trinajstić information content (AvgIpc) is 3.54. The molecular weight excluding hydrogens is 460 g/mol. The van der Waals surface area contributed by atoms with Crippen molar-refractivity contribution in [3.63, 3.8) is 0 Å². The minimum absolute atomic E-state index is 0.0877. The summed E-state index contributed by atoms with van der Waals surface area (Å²) in [6.45, 7) is 12.8. The van der Waals surface area contributed by atoms with Gasteiger partial charge < -0.3 is 9.47 Å². The van der Waals surface area contributed by atoms with Crippen LogP contribution in [0.2, 0.25) is 0 Å². The van der Waals surface area contributed by atoms with Crippen molar-refractivity contribution >= 4 is 11.9 Å². The Morgan fingerprint density at radius 2 is 1.14 bits per heavy atom. The lowest BCUT2D eigenvalue weighted by Crippen LogP contribution is -2.44. The molecule has 0 fully saturated rings. The van der Waals surface area contributed by atoms with E-state index < -0.39 is 11.2 Å². The summed E-state index contributed by atoms with van der Waals surface area (Å²) in [5.74, 6) is -0.622. The normalized spacial score (nSPS) is 34.0. The van der Waals surface area contributed by atoms with Gasteiger partial charge in [-0.05, 0) is 57.1 Å². The van der Waals surface area contributed by atoms with Gasteiger partial charge in [0.25, 0.3) is 0 Å². The van der Waals surface area contributed by atoms with Crippen molar-refractivity contribution in [1.82, 2.24) is 0 Å². The van der Waals surface area contributed by atoms with Gasteiger partial charge >= 0.3 is 11.9 Å². The van der Waals surface area contributed by atoms with Crippen LogP contribution in [0.3, 0.4) is 0 Å². The Kier molecular flexibility index (Phi) is 8.16. The Bertz CT molecular complexity index is 1020. The van der Waals surface area contributed by atoms with Crippen molar-refractivity contribution in [3.05, 3.63) is 70.9 Å². The average molecular weight is 505 g/mol. The van der Waals surface area contributed by atoms with Gasteiger partial charge in [0.2, 0.25) is 0 Å². The monoisotopic (exact) mass is 504 g/mol. The second-order valence-corrected chi connectivity index (χ2v) is 10.9. The molecule has 6 unspecified atom stereocenters. The highest BCUT2D eigenvalue weighted by molar-refractivity contribution is 6.03. The van der Waals surface area contributed by atoms with E-state index in [0.29, 0.717) is 24.0 Å². The molecule has 4 nitrogen and oxygen atoms in total. The van der Waals surface area contributed by atoms with Gasteiger partial charge in [-0.2, -0.15) is 0 Å². The van der Waals surface area contributed by atoms with Gasteiger partial charge in [0, 0.05) is 23.7 Å². The largest absolute Gasteiger partial charge is 0.451 e. The molecule has 0 saturated heterocycles. The highest BCUT2D eigenvalue weighted by atomic mass is 16.6. The Labute approximate surface area is 223 Å². The Morgan fingerprint density at radius 3 is 1.46 bits per heavy atom. The van der Waals surface area contributed by atoms with Crippen LogP contribution in [-0.4, -0.2) is 23.1 Å². The third-order valence-electron chi connectivity index (χ3n) is 9.31. The summed E-state index contributed by atoms with van der Waals surface area (Å²) in [6, 6.07) is 0. The van der Waals surface area contributed by atoms with E-state index in [2.05, 4.69) is 65.8 Å². The van der Waals surface area contributed by atoms with Crippen LogP contribution in [0.5, 0.6) is 0 Å². The smallest absolute Gasteiger partial charge is 0.336 e. The first-order valence-corrected chi connectivity index (χ1v) is 14.5. The first-order chi connectivity index (χ1) is 17.8. The van der Waals surface area contributed by atoms with E-state index in [4.69, 9.17) is 9.47 Å². The van der Waals surface area contributed by atoms with Gasteiger partial charge in [-0.25, -0.2) is 9.59 Å². The number of carbonyl (C=O) groups excluding carboxylic acids is 2. The van der Waals surface area contributed by atoms with Crippen LogP contribution < -0.4 is 0 Å². The molecule has 4 aliphatic carbocycles. The molecule has 0 aromatic heterocycles. The molecule has 0 aromatic rings. The van der Waals surface area contributed by atoms with Gasteiger partial charge in [-0.1, -0.05) is 89.1 Å². The lowest BCUT2D eigenvalue weighted by atomic mass is 9.74. The van der Waals surface area contributed by atoms with Gasteiger partial charge in [0.05, 0.1) is 11.1 Å². The summed E-state index contributed by atoms with van der Waals surface area (Å²) in [4.78, 5) is 27.8. The number of fused-ring (bicyclic) bond motifs is 2. The van der Waals surface area contributed by atoms with Crippen LogP contribution in [0, 0.1) is 23.7 Å². The summed E-state index contributed by atoms with van der Waals surface area (Å²) in [6.07, 6.45) is 22.3. The molecule has 0 aromatic carbocycles. The van der Waals surface area contributed by atoms with E-state index in [9.17, 15) is 9.59 Å². The Balaban J connectivity index is 1.66. The SMILES string of the molecule is CCC1=CC=CC(CC)(OC(=O)C2=C(C(=O)OC3(CC)C=CC=C(CC)C3CC)C3C=CC2C3)C1CC. The zero-order valence-corrected chi connectivity index (χ0v) is 23.5. The fourth-order valence-electron chi connectivity index (χ4n) is 7.29. The number of hydrogen-bond donors (Lipinski definition) is 0. The molecule has 2 bridgehead atoms. The van der Waals surface area contributed by atoms with Crippen molar-refractivity contribution in [2.24, 2.45) is 23.7 Å². The number of carbonyl (C=O) groups is 2. The van der Waals surface area contributed by atoms with Crippen LogP contribution in [0.1, 0.15) is 86.5 Å². The van der Waals surface area contributed by atoms with Crippen molar-refractivity contribution in [2.45, 2.75) is 97.7 Å². The van der Waals surface area contributed by atoms with Crippen molar-refractivity contribution in [3.8, 4) is 0 Å².